The molecule has 362 valence electrons. The van der Waals surface area contributed by atoms with Crippen LogP contribution in [0.15, 0.2) is 36.4 Å². The lowest BCUT2D eigenvalue weighted by atomic mass is 9.69. The maximum Gasteiger partial charge on any atom is 0.308 e. The third-order valence-electron chi connectivity index (χ3n) is 14.0. The van der Waals surface area contributed by atoms with Crippen molar-refractivity contribution in [3.8, 4) is 17.2 Å². The number of hydrogen-bond acceptors (Lipinski definition) is 12. The summed E-state index contributed by atoms with van der Waals surface area (Å²) in [5, 5.41) is 0. The van der Waals surface area contributed by atoms with Gasteiger partial charge in [-0.3, -0.25) is 28.8 Å². The predicted octanol–water partition coefficient (Wildman–Crippen LogP) is 11.7. The molecule has 3 fully saturated rings. The molecule has 3 aliphatic carbocycles. The quantitative estimate of drug-likeness (QED) is 0.0718. The van der Waals surface area contributed by atoms with E-state index in [2.05, 4.69) is 25.1 Å². The van der Waals surface area contributed by atoms with Crippen molar-refractivity contribution in [1.82, 2.24) is 0 Å². The molecule has 0 saturated heterocycles. The molecule has 0 aromatic heterocycles. The molecule has 0 amide bonds. The van der Waals surface area contributed by atoms with E-state index >= 15 is 0 Å². The first kappa shape index (κ1) is 50.9. The summed E-state index contributed by atoms with van der Waals surface area (Å²) >= 11 is 0. The second kappa shape index (κ2) is 23.5. The molecule has 3 aromatic rings. The van der Waals surface area contributed by atoms with Crippen LogP contribution >= 0.6 is 0 Å². The highest BCUT2D eigenvalue weighted by atomic mass is 16.6. The highest BCUT2D eigenvalue weighted by Gasteiger charge is 2.36. The summed E-state index contributed by atoms with van der Waals surface area (Å²) in [7, 11) is 0. The van der Waals surface area contributed by atoms with Crippen LogP contribution in [0.1, 0.15) is 219 Å². The van der Waals surface area contributed by atoms with Crippen LogP contribution in [-0.2, 0) is 74.6 Å². The van der Waals surface area contributed by atoms with E-state index in [1.807, 2.05) is 18.2 Å². The van der Waals surface area contributed by atoms with Crippen molar-refractivity contribution in [1.29, 1.82) is 0 Å². The van der Waals surface area contributed by atoms with E-state index in [9.17, 15) is 28.8 Å². The molecule has 0 radical (unpaired) electrons. The fraction of sp³-hybridized carbons (Fsp3) is 0.564. The Labute approximate surface area is 396 Å². The lowest BCUT2D eigenvalue weighted by Crippen LogP contribution is -2.27. The standard InChI is InChI=1S/C55H70O12/c1-34(56)62-31-44-25-40(26-49(52(44)65-37(4)59)41-17-11-8-12-18-41)23-24-55(7,47-27-45(32-63-35(2)57)53(66-38(5)60)50(29-47)42-19-13-9-14-20-42)48-28-46(33-64-36(3)58)54(67-39(6)61)51(30-48)43-21-15-10-16-22-43/h25-30,41-43H,8-24,31-33H2,1-7H3. The molecule has 0 aliphatic heterocycles. The normalized spacial score (nSPS) is 16.2. The van der Waals surface area contributed by atoms with E-state index in [-0.39, 0.29) is 37.6 Å². The van der Waals surface area contributed by atoms with Gasteiger partial charge in [0.1, 0.15) is 37.1 Å². The zero-order valence-corrected chi connectivity index (χ0v) is 40.7. The van der Waals surface area contributed by atoms with Gasteiger partial charge in [0.2, 0.25) is 0 Å². The molecule has 3 saturated carbocycles. The summed E-state index contributed by atoms with van der Waals surface area (Å²) in [4.78, 5) is 75.3. The van der Waals surface area contributed by atoms with Gasteiger partial charge in [0.25, 0.3) is 0 Å². The number of hydrogen-bond donors (Lipinski definition) is 0. The first-order valence-electron chi connectivity index (χ1n) is 24.5. The number of esters is 6. The van der Waals surface area contributed by atoms with E-state index in [0.717, 1.165) is 130 Å². The van der Waals surface area contributed by atoms with Crippen LogP contribution in [0.5, 0.6) is 17.2 Å². The van der Waals surface area contributed by atoms with Gasteiger partial charge in [-0.2, -0.15) is 0 Å². The lowest BCUT2D eigenvalue weighted by molar-refractivity contribution is -0.143. The summed E-state index contributed by atoms with van der Waals surface area (Å²) in [6.45, 7) is 10.1. The smallest absolute Gasteiger partial charge is 0.308 e. The van der Waals surface area contributed by atoms with Crippen molar-refractivity contribution < 1.29 is 57.2 Å². The van der Waals surface area contributed by atoms with E-state index in [4.69, 9.17) is 28.4 Å². The Hall–Kier alpha value is -5.52. The summed E-state index contributed by atoms with van der Waals surface area (Å²) in [5.41, 5.74) is 6.43. The molecule has 6 rings (SSSR count). The van der Waals surface area contributed by atoms with Crippen molar-refractivity contribution in [3.63, 3.8) is 0 Å². The fourth-order valence-corrected chi connectivity index (χ4v) is 10.7. The molecule has 12 heteroatoms. The fourth-order valence-electron chi connectivity index (χ4n) is 10.7. The zero-order chi connectivity index (χ0) is 48.3. The Balaban J connectivity index is 1.63. The van der Waals surface area contributed by atoms with Crippen LogP contribution in [-0.4, -0.2) is 35.8 Å². The maximum absolute atomic E-state index is 12.8. The molecule has 0 atom stereocenters. The summed E-state index contributed by atoms with van der Waals surface area (Å²) < 4.78 is 35.0. The number of benzene rings is 3. The molecule has 0 bridgehead atoms. The van der Waals surface area contributed by atoms with Crippen molar-refractivity contribution in [2.75, 3.05) is 0 Å². The summed E-state index contributed by atoms with van der Waals surface area (Å²) in [5.74, 6) is -1.16. The van der Waals surface area contributed by atoms with Crippen molar-refractivity contribution >= 4 is 35.8 Å². The Morgan fingerprint density at radius 1 is 0.433 bits per heavy atom. The minimum Gasteiger partial charge on any atom is -0.461 e. The lowest BCUT2D eigenvalue weighted by Gasteiger charge is -2.36. The average molecular weight is 923 g/mol. The van der Waals surface area contributed by atoms with E-state index in [1.54, 1.807) is 0 Å². The molecule has 0 N–H and O–H groups in total. The topological polar surface area (TPSA) is 158 Å². The summed E-state index contributed by atoms with van der Waals surface area (Å²) in [6, 6.07) is 12.4. The third kappa shape index (κ3) is 13.6. The van der Waals surface area contributed by atoms with Crippen LogP contribution in [0.25, 0.3) is 0 Å². The Bertz CT molecular complexity index is 2190. The minimum atomic E-state index is -0.831. The van der Waals surface area contributed by atoms with Crippen molar-refractivity contribution in [2.45, 2.75) is 201 Å². The van der Waals surface area contributed by atoms with Gasteiger partial charge in [0, 0.05) is 63.6 Å². The second-order valence-corrected chi connectivity index (χ2v) is 19.2. The Morgan fingerprint density at radius 3 is 1.06 bits per heavy atom. The Kier molecular flexibility index (Phi) is 17.8. The zero-order valence-electron chi connectivity index (χ0n) is 40.7. The second-order valence-electron chi connectivity index (χ2n) is 19.2. The van der Waals surface area contributed by atoms with Gasteiger partial charge in [-0.25, -0.2) is 0 Å². The van der Waals surface area contributed by atoms with Crippen LogP contribution in [0.3, 0.4) is 0 Å². The van der Waals surface area contributed by atoms with Crippen LogP contribution in [0.2, 0.25) is 0 Å². The number of carbonyl (C=O) groups excluding carboxylic acids is 6. The molecule has 3 aromatic carbocycles. The molecule has 67 heavy (non-hydrogen) atoms. The number of carbonyl (C=O) groups is 6. The first-order chi connectivity index (χ1) is 32.0. The highest BCUT2D eigenvalue weighted by molar-refractivity contribution is 5.73. The first-order valence-corrected chi connectivity index (χ1v) is 24.5. The minimum absolute atomic E-state index is 0.0630. The van der Waals surface area contributed by atoms with Crippen LogP contribution in [0.4, 0.5) is 0 Å². The molecular formula is C55H70O12. The molecule has 3 aliphatic rings. The van der Waals surface area contributed by atoms with E-state index in [1.165, 1.54) is 41.5 Å². The van der Waals surface area contributed by atoms with Gasteiger partial charge in [-0.15, -0.1) is 0 Å². The monoisotopic (exact) mass is 922 g/mol. The predicted molar refractivity (Wildman–Crippen MR) is 252 cm³/mol. The molecule has 0 unspecified atom stereocenters. The number of rotatable bonds is 17. The summed E-state index contributed by atoms with van der Waals surface area (Å²) in [6.07, 6.45) is 16.1. The number of ether oxygens (including phenoxy) is 6. The van der Waals surface area contributed by atoms with E-state index in [0.29, 0.717) is 46.8 Å². The van der Waals surface area contributed by atoms with E-state index < -0.39 is 41.2 Å². The SMILES string of the molecule is CC(=O)OCc1cc(CCC(C)(c2cc(COC(C)=O)c(OC(C)=O)c(C3CCCCC3)c2)c2cc(COC(C)=O)c(OC(C)=O)c(C3CCCCC3)c2)cc(C2CCCCC2)c1OC(C)=O. The molecule has 0 spiro atoms. The average Bonchev–Trinajstić information content (AvgIpc) is 3.29. The Morgan fingerprint density at radius 2 is 0.746 bits per heavy atom. The van der Waals surface area contributed by atoms with Crippen LogP contribution < -0.4 is 14.2 Å². The third-order valence-corrected chi connectivity index (χ3v) is 14.0. The number of aryl methyl sites for hydroxylation is 1. The molecule has 0 heterocycles. The maximum atomic E-state index is 12.8. The van der Waals surface area contributed by atoms with Crippen molar-refractivity contribution in [3.05, 3.63) is 86.5 Å². The van der Waals surface area contributed by atoms with Gasteiger partial charge < -0.3 is 28.4 Å². The van der Waals surface area contributed by atoms with Gasteiger partial charge in [-0.05, 0) is 121 Å². The van der Waals surface area contributed by atoms with Gasteiger partial charge in [-0.1, -0.05) is 82.9 Å². The van der Waals surface area contributed by atoms with Gasteiger partial charge >= 0.3 is 35.8 Å². The van der Waals surface area contributed by atoms with Crippen molar-refractivity contribution in [2.24, 2.45) is 0 Å². The molecular weight excluding hydrogens is 853 g/mol. The molecule has 12 nitrogen and oxygen atoms in total. The van der Waals surface area contributed by atoms with Crippen LogP contribution in [0, 0.1) is 0 Å². The van der Waals surface area contributed by atoms with Gasteiger partial charge in [0.15, 0.2) is 0 Å². The van der Waals surface area contributed by atoms with Gasteiger partial charge in [0.05, 0.1) is 0 Å². The highest BCUT2D eigenvalue weighted by Crippen LogP contribution is 2.49. The largest absolute Gasteiger partial charge is 0.461 e.